The second kappa shape index (κ2) is 11.5. The van der Waals surface area contributed by atoms with Gasteiger partial charge in [0.2, 0.25) is 0 Å². The second-order valence-corrected chi connectivity index (χ2v) is 9.82. The average Bonchev–Trinajstić information content (AvgIpc) is 2.90. The third-order valence-corrected chi connectivity index (χ3v) is 7.75. The van der Waals surface area contributed by atoms with E-state index in [2.05, 4.69) is 0 Å². The summed E-state index contributed by atoms with van der Waals surface area (Å²) in [5.74, 6) is -1.23. The number of aliphatic carboxylic acids is 1. The van der Waals surface area contributed by atoms with Gasteiger partial charge in [0, 0.05) is 36.0 Å². The number of halogens is 2. The summed E-state index contributed by atoms with van der Waals surface area (Å²) >= 11 is 0. The molecule has 200 valence electrons. The van der Waals surface area contributed by atoms with Gasteiger partial charge in [-0.15, -0.1) is 0 Å². The molecule has 0 amide bonds. The number of benzene rings is 2. The molecule has 1 fully saturated rings. The average molecular weight is 516 g/mol. The number of hydrogen-bond acceptors (Lipinski definition) is 6. The molecule has 9 heteroatoms. The molecule has 0 radical (unpaired) electrons. The van der Waals surface area contributed by atoms with Gasteiger partial charge in [-0.05, 0) is 81.0 Å². The van der Waals surface area contributed by atoms with Gasteiger partial charge in [-0.1, -0.05) is 6.42 Å². The number of rotatable bonds is 8. The van der Waals surface area contributed by atoms with Crippen LogP contribution in [0.5, 0.6) is 11.5 Å². The maximum atomic E-state index is 14.3. The van der Waals surface area contributed by atoms with Gasteiger partial charge in [-0.3, -0.25) is 4.79 Å². The summed E-state index contributed by atoms with van der Waals surface area (Å²) < 4.78 is 38.9. The molecule has 2 aliphatic rings. The number of fused-ring (bicyclic) bond motifs is 1. The molecule has 3 unspecified atom stereocenters. The quantitative estimate of drug-likeness (QED) is 0.475. The highest BCUT2D eigenvalue weighted by molar-refractivity contribution is 5.71. The summed E-state index contributed by atoms with van der Waals surface area (Å²) in [6, 6.07) is 8.38. The molecule has 1 saturated heterocycles. The summed E-state index contributed by atoms with van der Waals surface area (Å²) in [7, 11) is 1.57. The first-order valence-electron chi connectivity index (χ1n) is 12.5. The predicted octanol–water partition coefficient (Wildman–Crippen LogP) is 5.81. The van der Waals surface area contributed by atoms with Crippen molar-refractivity contribution in [2.75, 3.05) is 26.9 Å². The van der Waals surface area contributed by atoms with E-state index in [0.717, 1.165) is 28.5 Å². The number of likely N-dealkylation sites (tertiary alicyclic amines) is 1. The van der Waals surface area contributed by atoms with Gasteiger partial charge in [0.25, 0.3) is 0 Å². The van der Waals surface area contributed by atoms with E-state index in [1.807, 2.05) is 17.9 Å². The second-order valence-electron chi connectivity index (χ2n) is 9.82. The van der Waals surface area contributed by atoms with E-state index in [9.17, 15) is 23.9 Å². The lowest BCUT2D eigenvalue weighted by Crippen LogP contribution is -2.43. The lowest BCUT2D eigenvalue weighted by molar-refractivity contribution is -0.145. The van der Waals surface area contributed by atoms with Gasteiger partial charge in [-0.2, -0.15) is 0 Å². The molecule has 7 nitrogen and oxygen atoms in total. The Morgan fingerprint density at radius 1 is 1.19 bits per heavy atom. The Morgan fingerprint density at radius 3 is 2.70 bits per heavy atom. The van der Waals surface area contributed by atoms with Gasteiger partial charge in [0.05, 0.1) is 13.0 Å². The van der Waals surface area contributed by atoms with E-state index in [1.165, 1.54) is 6.07 Å². The zero-order valence-corrected chi connectivity index (χ0v) is 21.4. The number of carboxylic acid groups (broad SMARTS) is 1. The molecule has 3 atom stereocenters. The topological polar surface area (TPSA) is 85.3 Å². The smallest absolute Gasteiger partial charge is 0.308 e. The van der Waals surface area contributed by atoms with Crippen molar-refractivity contribution in [3.8, 4) is 11.5 Å². The van der Waals surface area contributed by atoms with Gasteiger partial charge in [0.15, 0.2) is 0 Å². The number of piperidine rings is 1. The summed E-state index contributed by atoms with van der Waals surface area (Å²) in [6.07, 6.45) is 2.61. The van der Waals surface area contributed by atoms with Crippen molar-refractivity contribution in [1.82, 2.24) is 9.96 Å². The molecule has 0 saturated carbocycles. The molecule has 2 aromatic carbocycles. The fraction of sp³-hybridized carbons (Fsp3) is 0.464. The lowest BCUT2D eigenvalue weighted by atomic mass is 9.81. The van der Waals surface area contributed by atoms with E-state index in [4.69, 9.17) is 9.47 Å². The SMILES string of the molecule is COc1ccc2c(c1)C(CCCC1CCN(/C(C)=C(\C)c3cc(F)ccc3F)CC1C(=O)O)N([O-])CO2. The zero-order chi connectivity index (χ0) is 26.7. The number of allylic oxidation sites excluding steroid dienone is 2. The number of hydrogen-bond donors (Lipinski definition) is 1. The first kappa shape index (κ1) is 26.9. The minimum atomic E-state index is -0.872. The number of carbonyl (C=O) groups is 1. The van der Waals surface area contributed by atoms with Crippen molar-refractivity contribution in [2.45, 2.75) is 45.6 Å². The van der Waals surface area contributed by atoms with Crippen LogP contribution in [0, 0.1) is 28.7 Å². The molecule has 0 aliphatic carbocycles. The zero-order valence-electron chi connectivity index (χ0n) is 21.4. The van der Waals surface area contributed by atoms with Crippen molar-refractivity contribution >= 4 is 11.5 Å². The molecule has 0 aromatic heterocycles. The standard InChI is InChI=1S/C28H33F2N2O5/c1-17(22-13-20(29)7-9-25(22)30)18(2)31-12-11-19(24(15-31)28(33)34)5-4-6-26-23-14-21(36-3)8-10-27(23)37-16-32(26)35/h7-10,13-14,19,24,26H,4-6,11-12,15-16H2,1-3H3,(H,33,34)/q-1/b18-17+. The van der Waals surface area contributed by atoms with Crippen LogP contribution in [0.2, 0.25) is 0 Å². The molecule has 2 aliphatic heterocycles. The Morgan fingerprint density at radius 2 is 1.97 bits per heavy atom. The highest BCUT2D eigenvalue weighted by atomic mass is 19.1. The van der Waals surface area contributed by atoms with E-state index >= 15 is 0 Å². The third kappa shape index (κ3) is 5.88. The van der Waals surface area contributed by atoms with Gasteiger partial charge in [0.1, 0.15) is 29.9 Å². The maximum absolute atomic E-state index is 14.3. The minimum absolute atomic E-state index is 0.0440. The Bertz CT molecular complexity index is 1170. The summed E-state index contributed by atoms with van der Waals surface area (Å²) in [6.45, 7) is 4.42. The van der Waals surface area contributed by atoms with Crippen molar-refractivity contribution < 1.29 is 28.2 Å². The van der Waals surface area contributed by atoms with E-state index in [0.29, 0.717) is 55.8 Å². The first-order chi connectivity index (χ1) is 17.7. The van der Waals surface area contributed by atoms with Crippen molar-refractivity contribution in [3.05, 3.63) is 70.1 Å². The first-order valence-corrected chi connectivity index (χ1v) is 12.5. The van der Waals surface area contributed by atoms with Crippen LogP contribution < -0.4 is 9.47 Å². The molecule has 2 heterocycles. The Balaban J connectivity index is 1.42. The molecular weight excluding hydrogens is 482 g/mol. The normalized spacial score (nSPS) is 22.6. The fourth-order valence-corrected chi connectivity index (χ4v) is 5.44. The van der Waals surface area contributed by atoms with Crippen molar-refractivity contribution in [2.24, 2.45) is 11.8 Å². The molecule has 0 spiro atoms. The Hall–Kier alpha value is -3.17. The largest absolute Gasteiger partial charge is 0.782 e. The predicted molar refractivity (Wildman–Crippen MR) is 136 cm³/mol. The Labute approximate surface area is 215 Å². The summed E-state index contributed by atoms with van der Waals surface area (Å²) in [4.78, 5) is 14.1. The lowest BCUT2D eigenvalue weighted by Gasteiger charge is -2.42. The van der Waals surface area contributed by atoms with E-state index in [-0.39, 0.29) is 24.3 Å². The van der Waals surface area contributed by atoms with Gasteiger partial charge >= 0.3 is 5.97 Å². The van der Waals surface area contributed by atoms with Crippen LogP contribution in [0.15, 0.2) is 42.1 Å². The van der Waals surface area contributed by atoms with Crippen LogP contribution in [0.25, 0.3) is 5.57 Å². The molecule has 2 aromatic rings. The summed E-state index contributed by atoms with van der Waals surface area (Å²) in [5.41, 5.74) is 2.29. The van der Waals surface area contributed by atoms with Crippen LogP contribution in [-0.2, 0) is 4.79 Å². The number of ether oxygens (including phenoxy) is 2. The highest BCUT2D eigenvalue weighted by Crippen LogP contribution is 2.40. The van der Waals surface area contributed by atoms with Crippen molar-refractivity contribution in [1.29, 1.82) is 0 Å². The molecular formula is C28H33F2N2O5-. The van der Waals surface area contributed by atoms with Crippen LogP contribution in [0.3, 0.4) is 0 Å². The molecule has 37 heavy (non-hydrogen) atoms. The van der Waals surface area contributed by atoms with Gasteiger partial charge in [-0.25, -0.2) is 8.78 Å². The van der Waals surface area contributed by atoms with Crippen LogP contribution in [0.1, 0.15) is 56.7 Å². The maximum Gasteiger partial charge on any atom is 0.308 e. The number of methoxy groups -OCH3 is 1. The fourth-order valence-electron chi connectivity index (χ4n) is 5.44. The van der Waals surface area contributed by atoms with Gasteiger partial charge < -0.3 is 29.8 Å². The highest BCUT2D eigenvalue weighted by Gasteiger charge is 2.35. The van der Waals surface area contributed by atoms with Crippen LogP contribution >= 0.6 is 0 Å². The van der Waals surface area contributed by atoms with Crippen LogP contribution in [0.4, 0.5) is 8.78 Å². The minimum Gasteiger partial charge on any atom is -0.782 e. The Kier molecular flexibility index (Phi) is 8.34. The van der Waals surface area contributed by atoms with Crippen LogP contribution in [-0.4, -0.2) is 48.0 Å². The summed E-state index contributed by atoms with van der Waals surface area (Å²) in [5, 5.41) is 23.4. The third-order valence-electron chi connectivity index (χ3n) is 7.75. The molecule has 0 bridgehead atoms. The number of carboxylic acids is 1. The number of hydroxylamine groups is 2. The number of nitrogens with zero attached hydrogens (tertiary/aromatic N) is 2. The van der Waals surface area contributed by atoms with E-state index < -0.39 is 23.5 Å². The molecule has 4 rings (SSSR count). The van der Waals surface area contributed by atoms with E-state index in [1.54, 1.807) is 26.2 Å². The molecule has 1 N–H and O–H groups in total. The van der Waals surface area contributed by atoms with Crippen molar-refractivity contribution in [3.63, 3.8) is 0 Å². The monoisotopic (exact) mass is 515 g/mol.